The smallest absolute Gasteiger partial charge is 0.228 e. The molecule has 3 N–H and O–H groups in total. The van der Waals surface area contributed by atoms with Crippen molar-refractivity contribution in [1.82, 2.24) is 0 Å². The number of anilines is 1. The Bertz CT molecular complexity index is 431. The Labute approximate surface area is 100.0 Å². The van der Waals surface area contributed by atoms with Gasteiger partial charge in [-0.25, -0.2) is 0 Å². The third-order valence-corrected chi connectivity index (χ3v) is 3.14. The van der Waals surface area contributed by atoms with Crippen LogP contribution in [0.2, 0.25) is 5.02 Å². The summed E-state index contributed by atoms with van der Waals surface area (Å²) in [7, 11) is 0. The summed E-state index contributed by atoms with van der Waals surface area (Å²) in [4.78, 5) is 11.3. The van der Waals surface area contributed by atoms with Gasteiger partial charge in [-0.15, -0.1) is 0 Å². The van der Waals surface area contributed by atoms with Crippen LogP contribution in [0.5, 0.6) is 0 Å². The number of nitrogens with one attached hydrogen (secondary N) is 1. The SMILES string of the molecule is CCCC(N)c1cc(Cl)c2c(c1)CC(=O)N2. The third-order valence-electron chi connectivity index (χ3n) is 2.84. The molecule has 1 unspecified atom stereocenters. The normalized spacial score (nSPS) is 15.8. The second-order valence-electron chi connectivity index (χ2n) is 4.16. The molecule has 0 fully saturated rings. The van der Waals surface area contributed by atoms with E-state index in [0.717, 1.165) is 29.7 Å². The van der Waals surface area contributed by atoms with Crippen molar-refractivity contribution in [2.45, 2.75) is 32.2 Å². The van der Waals surface area contributed by atoms with E-state index in [2.05, 4.69) is 12.2 Å². The lowest BCUT2D eigenvalue weighted by atomic mass is 10.00. The number of halogens is 1. The summed E-state index contributed by atoms with van der Waals surface area (Å²) in [6.45, 7) is 2.10. The molecule has 1 amide bonds. The maximum absolute atomic E-state index is 11.3. The standard InChI is InChI=1S/C12H15ClN2O/c1-2-3-10(14)7-4-8-6-11(16)15-12(8)9(13)5-7/h4-5,10H,2-3,6,14H2,1H3,(H,15,16). The molecule has 1 aliphatic heterocycles. The van der Waals surface area contributed by atoms with Crippen LogP contribution in [0.3, 0.4) is 0 Å². The predicted octanol–water partition coefficient (Wildman–Crippen LogP) is 2.63. The zero-order valence-electron chi connectivity index (χ0n) is 9.22. The second kappa shape index (κ2) is 4.44. The minimum absolute atomic E-state index is 0.00175. The lowest BCUT2D eigenvalue weighted by molar-refractivity contribution is -0.115. The fourth-order valence-corrected chi connectivity index (χ4v) is 2.31. The fourth-order valence-electron chi connectivity index (χ4n) is 2.01. The Kier molecular flexibility index (Phi) is 3.17. The van der Waals surface area contributed by atoms with Gasteiger partial charge in [0.1, 0.15) is 0 Å². The highest BCUT2D eigenvalue weighted by Crippen LogP contribution is 2.34. The van der Waals surface area contributed by atoms with Gasteiger partial charge in [0.15, 0.2) is 0 Å². The predicted molar refractivity (Wildman–Crippen MR) is 65.6 cm³/mol. The number of rotatable bonds is 3. The van der Waals surface area contributed by atoms with E-state index in [1.165, 1.54) is 0 Å². The quantitative estimate of drug-likeness (QED) is 0.851. The van der Waals surface area contributed by atoms with Gasteiger partial charge >= 0.3 is 0 Å². The van der Waals surface area contributed by atoms with Crippen molar-refractivity contribution in [3.63, 3.8) is 0 Å². The number of benzene rings is 1. The molecule has 2 rings (SSSR count). The molecule has 1 aromatic rings. The Morgan fingerprint density at radius 2 is 2.31 bits per heavy atom. The largest absolute Gasteiger partial charge is 0.324 e. The van der Waals surface area contributed by atoms with Crippen molar-refractivity contribution in [2.24, 2.45) is 5.73 Å². The zero-order valence-corrected chi connectivity index (χ0v) is 9.97. The van der Waals surface area contributed by atoms with Crippen LogP contribution in [0.1, 0.15) is 36.9 Å². The number of hydrogen-bond acceptors (Lipinski definition) is 2. The maximum Gasteiger partial charge on any atom is 0.228 e. The molecule has 86 valence electrons. The molecule has 3 nitrogen and oxygen atoms in total. The molecular formula is C12H15ClN2O. The number of fused-ring (bicyclic) bond motifs is 1. The van der Waals surface area contributed by atoms with Crippen molar-refractivity contribution in [2.75, 3.05) is 5.32 Å². The maximum atomic E-state index is 11.3. The molecule has 0 aromatic heterocycles. The average molecular weight is 239 g/mol. The van der Waals surface area contributed by atoms with E-state index in [9.17, 15) is 4.79 Å². The van der Waals surface area contributed by atoms with E-state index in [-0.39, 0.29) is 11.9 Å². The van der Waals surface area contributed by atoms with Gasteiger partial charge in [-0.3, -0.25) is 4.79 Å². The number of carbonyl (C=O) groups excluding carboxylic acids is 1. The molecule has 1 aromatic carbocycles. The lowest BCUT2D eigenvalue weighted by Gasteiger charge is -2.13. The molecule has 0 bridgehead atoms. The van der Waals surface area contributed by atoms with Gasteiger partial charge in [-0.1, -0.05) is 31.0 Å². The van der Waals surface area contributed by atoms with Crippen LogP contribution in [-0.4, -0.2) is 5.91 Å². The van der Waals surface area contributed by atoms with Gasteiger partial charge in [0, 0.05) is 6.04 Å². The first-order chi connectivity index (χ1) is 7.61. The van der Waals surface area contributed by atoms with Crippen molar-refractivity contribution in [3.8, 4) is 0 Å². The highest BCUT2D eigenvalue weighted by atomic mass is 35.5. The highest BCUT2D eigenvalue weighted by Gasteiger charge is 2.22. The van der Waals surface area contributed by atoms with Crippen LogP contribution in [0, 0.1) is 0 Å². The Hall–Kier alpha value is -1.06. The zero-order chi connectivity index (χ0) is 11.7. The van der Waals surface area contributed by atoms with Crippen LogP contribution in [0.25, 0.3) is 0 Å². The lowest BCUT2D eigenvalue weighted by Crippen LogP contribution is -2.10. The summed E-state index contributed by atoms with van der Waals surface area (Å²) < 4.78 is 0. The van der Waals surface area contributed by atoms with E-state index in [1.54, 1.807) is 0 Å². The molecule has 16 heavy (non-hydrogen) atoms. The van der Waals surface area contributed by atoms with Crippen LogP contribution >= 0.6 is 11.6 Å². The minimum Gasteiger partial charge on any atom is -0.324 e. The van der Waals surface area contributed by atoms with E-state index >= 15 is 0 Å². The summed E-state index contributed by atoms with van der Waals surface area (Å²) in [5.41, 5.74) is 8.76. The van der Waals surface area contributed by atoms with Crippen LogP contribution in [0.4, 0.5) is 5.69 Å². The van der Waals surface area contributed by atoms with Crippen molar-refractivity contribution in [1.29, 1.82) is 0 Å². The topological polar surface area (TPSA) is 55.1 Å². The Morgan fingerprint density at radius 3 is 3.00 bits per heavy atom. The van der Waals surface area contributed by atoms with Gasteiger partial charge in [-0.2, -0.15) is 0 Å². The summed E-state index contributed by atoms with van der Waals surface area (Å²) >= 11 is 6.11. The summed E-state index contributed by atoms with van der Waals surface area (Å²) in [6, 6.07) is 3.84. The highest BCUT2D eigenvalue weighted by molar-refractivity contribution is 6.34. The number of carbonyl (C=O) groups is 1. The molecule has 0 saturated heterocycles. The molecule has 0 saturated carbocycles. The Balaban J connectivity index is 2.34. The van der Waals surface area contributed by atoms with E-state index < -0.39 is 0 Å². The molecule has 1 heterocycles. The van der Waals surface area contributed by atoms with Crippen molar-refractivity contribution >= 4 is 23.2 Å². The van der Waals surface area contributed by atoms with Gasteiger partial charge in [0.05, 0.1) is 17.1 Å². The first-order valence-corrected chi connectivity index (χ1v) is 5.87. The first kappa shape index (κ1) is 11.4. The molecule has 1 aliphatic rings. The monoisotopic (exact) mass is 238 g/mol. The van der Waals surface area contributed by atoms with Crippen molar-refractivity contribution < 1.29 is 4.79 Å². The minimum atomic E-state index is -0.00175. The van der Waals surface area contributed by atoms with E-state index in [0.29, 0.717) is 11.4 Å². The summed E-state index contributed by atoms with van der Waals surface area (Å²) in [5, 5.41) is 3.34. The molecular weight excluding hydrogens is 224 g/mol. The van der Waals surface area contributed by atoms with Crippen LogP contribution in [0.15, 0.2) is 12.1 Å². The van der Waals surface area contributed by atoms with E-state index in [1.807, 2.05) is 12.1 Å². The van der Waals surface area contributed by atoms with Gasteiger partial charge < -0.3 is 11.1 Å². The molecule has 4 heteroatoms. The summed E-state index contributed by atoms with van der Waals surface area (Å²) in [6.07, 6.45) is 2.37. The van der Waals surface area contributed by atoms with Gasteiger partial charge in [-0.05, 0) is 23.6 Å². The van der Waals surface area contributed by atoms with Crippen LogP contribution in [-0.2, 0) is 11.2 Å². The molecule has 0 radical (unpaired) electrons. The number of nitrogens with two attached hydrogens (primary N) is 1. The van der Waals surface area contributed by atoms with Gasteiger partial charge in [0.25, 0.3) is 0 Å². The van der Waals surface area contributed by atoms with Gasteiger partial charge in [0.2, 0.25) is 5.91 Å². The molecule has 0 spiro atoms. The first-order valence-electron chi connectivity index (χ1n) is 5.49. The van der Waals surface area contributed by atoms with E-state index in [4.69, 9.17) is 17.3 Å². The second-order valence-corrected chi connectivity index (χ2v) is 4.56. The fraction of sp³-hybridized carbons (Fsp3) is 0.417. The summed E-state index contributed by atoms with van der Waals surface area (Å²) in [5.74, 6) is -0.00175. The third kappa shape index (κ3) is 2.06. The molecule has 1 atom stereocenters. The average Bonchev–Trinajstić information content (AvgIpc) is 2.59. The van der Waals surface area contributed by atoms with Crippen LogP contribution < -0.4 is 11.1 Å². The molecule has 0 aliphatic carbocycles. The number of amides is 1. The van der Waals surface area contributed by atoms with Crippen molar-refractivity contribution in [3.05, 3.63) is 28.3 Å². The Morgan fingerprint density at radius 1 is 1.56 bits per heavy atom. The number of hydrogen-bond donors (Lipinski definition) is 2.